The van der Waals surface area contributed by atoms with Crippen LogP contribution in [0, 0.1) is 21.4 Å². The van der Waals surface area contributed by atoms with Crippen molar-refractivity contribution in [2.24, 2.45) is 5.73 Å². The Morgan fingerprint density at radius 1 is 1.67 bits per heavy atom. The van der Waals surface area contributed by atoms with Crippen molar-refractivity contribution in [3.05, 3.63) is 27.9 Å². The van der Waals surface area contributed by atoms with Gasteiger partial charge in [-0.15, -0.1) is 0 Å². The first kappa shape index (κ1) is 12.3. The Morgan fingerprint density at radius 3 is 3.06 bits per heavy atom. The van der Waals surface area contributed by atoms with Crippen LogP contribution in [-0.2, 0) is 0 Å². The van der Waals surface area contributed by atoms with Gasteiger partial charge in [0.25, 0.3) is 0 Å². The maximum Gasteiger partial charge on any atom is 0.305 e. The fourth-order valence-corrected chi connectivity index (χ4v) is 2.21. The monoisotopic (exact) mass is 247 g/mol. The first-order chi connectivity index (χ1) is 8.67. The number of rotatable bonds is 3. The lowest BCUT2D eigenvalue weighted by atomic mass is 10.2. The number of nitriles is 1. The van der Waals surface area contributed by atoms with Gasteiger partial charge in [-0.1, -0.05) is 0 Å². The van der Waals surface area contributed by atoms with E-state index in [0.29, 0.717) is 12.4 Å². The Labute approximate surface area is 104 Å². The smallest absolute Gasteiger partial charge is 0.305 e. The van der Waals surface area contributed by atoms with E-state index in [1.165, 1.54) is 6.07 Å². The van der Waals surface area contributed by atoms with Crippen molar-refractivity contribution < 1.29 is 4.92 Å². The summed E-state index contributed by atoms with van der Waals surface area (Å²) in [5.74, 6) is 0.588. The lowest BCUT2D eigenvalue weighted by Crippen LogP contribution is -2.36. The summed E-state index contributed by atoms with van der Waals surface area (Å²) in [4.78, 5) is 16.2. The van der Waals surface area contributed by atoms with Gasteiger partial charge in [0, 0.05) is 25.2 Å². The SMILES string of the molecule is N#Cc1nc(N2CCCC2CN)ccc1[N+](=O)[O-]. The van der Waals surface area contributed by atoms with Gasteiger partial charge in [0.05, 0.1) is 4.92 Å². The van der Waals surface area contributed by atoms with E-state index >= 15 is 0 Å². The molecule has 1 fully saturated rings. The Morgan fingerprint density at radius 2 is 2.44 bits per heavy atom. The molecule has 7 heteroatoms. The van der Waals surface area contributed by atoms with Crippen LogP contribution in [0.15, 0.2) is 12.1 Å². The van der Waals surface area contributed by atoms with Gasteiger partial charge in [-0.2, -0.15) is 5.26 Å². The molecule has 1 atom stereocenters. The van der Waals surface area contributed by atoms with Gasteiger partial charge in [0.1, 0.15) is 11.9 Å². The molecule has 1 aromatic heterocycles. The third kappa shape index (κ3) is 2.10. The summed E-state index contributed by atoms with van der Waals surface area (Å²) < 4.78 is 0. The van der Waals surface area contributed by atoms with Crippen LogP contribution in [0.4, 0.5) is 11.5 Å². The summed E-state index contributed by atoms with van der Waals surface area (Å²) >= 11 is 0. The molecule has 1 aromatic rings. The zero-order valence-corrected chi connectivity index (χ0v) is 9.74. The summed E-state index contributed by atoms with van der Waals surface area (Å²) in [5.41, 5.74) is 5.26. The van der Waals surface area contributed by atoms with Gasteiger partial charge in [-0.25, -0.2) is 4.98 Å². The minimum atomic E-state index is -0.597. The lowest BCUT2D eigenvalue weighted by molar-refractivity contribution is -0.385. The summed E-state index contributed by atoms with van der Waals surface area (Å²) in [6.45, 7) is 1.33. The van der Waals surface area contributed by atoms with Gasteiger partial charge in [-0.05, 0) is 18.9 Å². The van der Waals surface area contributed by atoms with E-state index in [-0.39, 0.29) is 17.4 Å². The fraction of sp³-hybridized carbons (Fsp3) is 0.455. The minimum absolute atomic E-state index is 0.153. The zero-order chi connectivity index (χ0) is 13.1. The van der Waals surface area contributed by atoms with E-state index in [1.54, 1.807) is 12.1 Å². The quantitative estimate of drug-likeness (QED) is 0.624. The number of hydrogen-bond acceptors (Lipinski definition) is 6. The molecular formula is C11H13N5O2. The van der Waals surface area contributed by atoms with E-state index in [0.717, 1.165) is 19.4 Å². The van der Waals surface area contributed by atoms with Crippen LogP contribution in [0.1, 0.15) is 18.5 Å². The minimum Gasteiger partial charge on any atom is -0.352 e. The molecule has 0 amide bonds. The molecule has 0 bridgehead atoms. The molecule has 1 aliphatic heterocycles. The number of pyridine rings is 1. The first-order valence-electron chi connectivity index (χ1n) is 5.69. The van der Waals surface area contributed by atoms with E-state index in [4.69, 9.17) is 11.0 Å². The molecule has 2 N–H and O–H groups in total. The maximum absolute atomic E-state index is 10.7. The number of hydrogen-bond donors (Lipinski definition) is 1. The number of anilines is 1. The maximum atomic E-state index is 10.7. The number of nitrogens with zero attached hydrogens (tertiary/aromatic N) is 4. The highest BCUT2D eigenvalue weighted by atomic mass is 16.6. The molecule has 1 unspecified atom stereocenters. The molecule has 1 aliphatic rings. The van der Waals surface area contributed by atoms with Gasteiger partial charge < -0.3 is 10.6 Å². The predicted octanol–water partition coefficient (Wildman–Crippen LogP) is 0.789. The van der Waals surface area contributed by atoms with Crippen LogP contribution in [0.2, 0.25) is 0 Å². The molecule has 94 valence electrons. The molecule has 0 radical (unpaired) electrons. The van der Waals surface area contributed by atoms with E-state index < -0.39 is 4.92 Å². The molecule has 0 saturated carbocycles. The molecule has 0 aliphatic carbocycles. The van der Waals surface area contributed by atoms with Gasteiger partial charge in [-0.3, -0.25) is 10.1 Å². The average Bonchev–Trinajstić information content (AvgIpc) is 2.86. The topological polar surface area (TPSA) is 109 Å². The second-order valence-electron chi connectivity index (χ2n) is 4.13. The molecule has 1 saturated heterocycles. The van der Waals surface area contributed by atoms with Crippen molar-refractivity contribution in [1.29, 1.82) is 5.26 Å². The largest absolute Gasteiger partial charge is 0.352 e. The van der Waals surface area contributed by atoms with Crippen LogP contribution in [-0.4, -0.2) is 29.0 Å². The zero-order valence-electron chi connectivity index (χ0n) is 9.74. The highest BCUT2D eigenvalue weighted by Crippen LogP contribution is 2.26. The summed E-state index contributed by atoms with van der Waals surface area (Å²) in [6.07, 6.45) is 2.00. The van der Waals surface area contributed by atoms with Crippen molar-refractivity contribution in [3.63, 3.8) is 0 Å². The normalized spacial score (nSPS) is 18.7. The molecule has 0 spiro atoms. The first-order valence-corrected chi connectivity index (χ1v) is 5.69. The highest BCUT2D eigenvalue weighted by molar-refractivity contribution is 5.52. The summed E-state index contributed by atoms with van der Waals surface area (Å²) in [6, 6.07) is 4.86. The third-order valence-corrected chi connectivity index (χ3v) is 3.11. The van der Waals surface area contributed by atoms with Crippen molar-refractivity contribution in [2.45, 2.75) is 18.9 Å². The van der Waals surface area contributed by atoms with Crippen LogP contribution in [0.5, 0.6) is 0 Å². The number of aromatic nitrogens is 1. The van der Waals surface area contributed by atoms with Crippen LogP contribution < -0.4 is 10.6 Å². The van der Waals surface area contributed by atoms with Crippen molar-refractivity contribution >= 4 is 11.5 Å². The summed E-state index contributed by atoms with van der Waals surface area (Å²) in [7, 11) is 0. The molecular weight excluding hydrogens is 234 g/mol. The highest BCUT2D eigenvalue weighted by Gasteiger charge is 2.26. The second kappa shape index (κ2) is 4.98. The molecule has 2 heterocycles. The summed E-state index contributed by atoms with van der Waals surface area (Å²) in [5, 5.41) is 19.6. The van der Waals surface area contributed by atoms with Crippen molar-refractivity contribution in [1.82, 2.24) is 4.98 Å². The molecule has 18 heavy (non-hydrogen) atoms. The van der Waals surface area contributed by atoms with Gasteiger partial charge in [0.15, 0.2) is 0 Å². The average molecular weight is 247 g/mol. The number of nitrogens with two attached hydrogens (primary N) is 1. The second-order valence-corrected chi connectivity index (χ2v) is 4.13. The predicted molar refractivity (Wildman–Crippen MR) is 65.0 cm³/mol. The Balaban J connectivity index is 2.36. The lowest BCUT2D eigenvalue weighted by Gasteiger charge is -2.24. The van der Waals surface area contributed by atoms with Gasteiger partial charge in [0.2, 0.25) is 5.69 Å². The Hall–Kier alpha value is -2.20. The van der Waals surface area contributed by atoms with E-state index in [2.05, 4.69) is 4.98 Å². The van der Waals surface area contributed by atoms with Crippen molar-refractivity contribution in [3.8, 4) is 6.07 Å². The molecule has 0 aromatic carbocycles. The Kier molecular flexibility index (Phi) is 3.39. The standard InChI is InChI=1S/C11H13N5O2/c12-6-8-2-1-5-15(8)11-4-3-10(16(17)18)9(7-13)14-11/h3-4,8H,1-2,5-6,12H2. The van der Waals surface area contributed by atoms with E-state index in [9.17, 15) is 10.1 Å². The molecule has 2 rings (SSSR count). The fourth-order valence-electron chi connectivity index (χ4n) is 2.21. The van der Waals surface area contributed by atoms with Crippen LogP contribution in [0.25, 0.3) is 0 Å². The van der Waals surface area contributed by atoms with Crippen LogP contribution >= 0.6 is 0 Å². The third-order valence-electron chi connectivity index (χ3n) is 3.11. The van der Waals surface area contributed by atoms with E-state index in [1.807, 2.05) is 4.90 Å². The van der Waals surface area contributed by atoms with Crippen LogP contribution in [0.3, 0.4) is 0 Å². The van der Waals surface area contributed by atoms with Crippen molar-refractivity contribution in [2.75, 3.05) is 18.0 Å². The molecule has 7 nitrogen and oxygen atoms in total. The van der Waals surface area contributed by atoms with Gasteiger partial charge >= 0.3 is 5.69 Å². The number of nitro groups is 1. The Bertz CT molecular complexity index is 511.